The van der Waals surface area contributed by atoms with E-state index >= 15 is 0 Å². The fourth-order valence-electron chi connectivity index (χ4n) is 4.50. The molecule has 35 heavy (non-hydrogen) atoms. The Morgan fingerprint density at radius 1 is 1.11 bits per heavy atom. The van der Waals surface area contributed by atoms with Crippen LogP contribution in [0.3, 0.4) is 0 Å². The van der Waals surface area contributed by atoms with E-state index in [2.05, 4.69) is 27.4 Å². The first kappa shape index (κ1) is 22.8. The van der Waals surface area contributed by atoms with Crippen LogP contribution in [0.2, 0.25) is 0 Å². The lowest BCUT2D eigenvalue weighted by Gasteiger charge is -2.25. The molecule has 5 rings (SSSR count). The smallest absolute Gasteiger partial charge is 0.257 e. The summed E-state index contributed by atoms with van der Waals surface area (Å²) in [7, 11) is 1.63. The molecule has 178 valence electrons. The van der Waals surface area contributed by atoms with Gasteiger partial charge in [0.2, 0.25) is 0 Å². The molecule has 0 bridgehead atoms. The van der Waals surface area contributed by atoms with Gasteiger partial charge in [-0.05, 0) is 53.8 Å². The van der Waals surface area contributed by atoms with Crippen LogP contribution in [0.1, 0.15) is 15.9 Å². The number of pyridine rings is 2. The molecule has 7 nitrogen and oxygen atoms in total. The van der Waals surface area contributed by atoms with Crippen LogP contribution < -0.4 is 10.1 Å². The molecule has 1 N–H and O–H groups in total. The van der Waals surface area contributed by atoms with Crippen molar-refractivity contribution in [2.45, 2.75) is 6.42 Å². The molecular formula is C28H28N4O3. The summed E-state index contributed by atoms with van der Waals surface area (Å²) >= 11 is 0. The molecule has 1 aliphatic heterocycles. The number of anilines is 2. The van der Waals surface area contributed by atoms with E-state index in [1.807, 2.05) is 59.8 Å². The number of fused-ring (bicyclic) bond motifs is 1. The lowest BCUT2D eigenvalue weighted by Crippen LogP contribution is -2.36. The predicted octanol–water partition coefficient (Wildman–Crippen LogP) is 4.71. The molecule has 0 aliphatic carbocycles. The third-order valence-electron chi connectivity index (χ3n) is 6.28. The number of benzene rings is 2. The molecule has 0 saturated carbocycles. The van der Waals surface area contributed by atoms with Gasteiger partial charge in [0.15, 0.2) is 0 Å². The molecule has 1 fully saturated rings. The lowest BCUT2D eigenvalue weighted by atomic mass is 9.96. The van der Waals surface area contributed by atoms with Crippen LogP contribution in [0.15, 0.2) is 79.3 Å². The van der Waals surface area contributed by atoms with E-state index in [4.69, 9.17) is 9.47 Å². The number of amides is 1. The number of rotatable bonds is 6. The molecular weight excluding hydrogens is 440 g/mol. The molecule has 2 aromatic heterocycles. The number of ether oxygens (including phenoxy) is 2. The average Bonchev–Trinajstić information content (AvgIpc) is 3.15. The second-order valence-corrected chi connectivity index (χ2v) is 8.67. The maximum atomic E-state index is 13.6. The van der Waals surface area contributed by atoms with Crippen molar-refractivity contribution in [2.75, 3.05) is 38.7 Å². The highest BCUT2D eigenvalue weighted by molar-refractivity contribution is 5.99. The zero-order chi connectivity index (χ0) is 24.0. The maximum Gasteiger partial charge on any atom is 0.257 e. The summed E-state index contributed by atoms with van der Waals surface area (Å²) in [5, 5.41) is 5.60. The normalized spacial score (nSPS) is 16.0. The Morgan fingerprint density at radius 3 is 2.83 bits per heavy atom. The van der Waals surface area contributed by atoms with Crippen molar-refractivity contribution in [1.29, 1.82) is 0 Å². The second-order valence-electron chi connectivity index (χ2n) is 8.67. The number of carbonyl (C=O) groups excluding carboxylic acids is 1. The minimum absolute atomic E-state index is 0.0549. The first-order valence-electron chi connectivity index (χ1n) is 11.8. The predicted molar refractivity (Wildman–Crippen MR) is 136 cm³/mol. The van der Waals surface area contributed by atoms with Crippen LogP contribution in [-0.4, -0.2) is 54.2 Å². The fraction of sp³-hybridized carbons (Fsp3) is 0.250. The Morgan fingerprint density at radius 2 is 1.97 bits per heavy atom. The van der Waals surface area contributed by atoms with E-state index in [0.29, 0.717) is 37.7 Å². The Bertz CT molecular complexity index is 1300. The Labute approximate surface area is 204 Å². The number of nitrogens with one attached hydrogen (secondary N) is 1. The van der Waals surface area contributed by atoms with Gasteiger partial charge in [0.1, 0.15) is 11.6 Å². The van der Waals surface area contributed by atoms with E-state index in [0.717, 1.165) is 23.2 Å². The zero-order valence-corrected chi connectivity index (χ0v) is 19.7. The number of hydrogen-bond acceptors (Lipinski definition) is 6. The molecule has 1 aliphatic rings. The molecule has 2 aromatic carbocycles. The van der Waals surface area contributed by atoms with E-state index in [-0.39, 0.29) is 11.8 Å². The molecule has 3 heterocycles. The van der Waals surface area contributed by atoms with Gasteiger partial charge in [0, 0.05) is 48.7 Å². The van der Waals surface area contributed by atoms with Gasteiger partial charge in [0.05, 0.1) is 25.9 Å². The van der Waals surface area contributed by atoms with Crippen molar-refractivity contribution >= 4 is 28.2 Å². The quantitative estimate of drug-likeness (QED) is 0.442. The molecule has 0 radical (unpaired) electrons. The van der Waals surface area contributed by atoms with Crippen molar-refractivity contribution in [1.82, 2.24) is 14.9 Å². The number of nitrogens with zero attached hydrogens (tertiary/aromatic N) is 3. The van der Waals surface area contributed by atoms with Crippen molar-refractivity contribution < 1.29 is 14.3 Å². The van der Waals surface area contributed by atoms with Crippen molar-refractivity contribution in [3.8, 4) is 5.75 Å². The Balaban J connectivity index is 1.34. The number of methoxy groups -OCH3 is 1. The monoisotopic (exact) mass is 468 g/mol. The van der Waals surface area contributed by atoms with E-state index < -0.39 is 0 Å². The Hall–Kier alpha value is -3.97. The van der Waals surface area contributed by atoms with Crippen LogP contribution in [-0.2, 0) is 11.2 Å². The van der Waals surface area contributed by atoms with Gasteiger partial charge in [-0.15, -0.1) is 0 Å². The molecule has 1 amide bonds. The summed E-state index contributed by atoms with van der Waals surface area (Å²) in [4.78, 5) is 24.4. The number of carbonyl (C=O) groups is 1. The van der Waals surface area contributed by atoms with Crippen LogP contribution in [0, 0.1) is 5.92 Å². The summed E-state index contributed by atoms with van der Waals surface area (Å²) in [6.45, 7) is 2.27. The Kier molecular flexibility index (Phi) is 6.86. The molecule has 0 spiro atoms. The first-order valence-corrected chi connectivity index (χ1v) is 11.8. The van der Waals surface area contributed by atoms with Crippen molar-refractivity contribution in [2.24, 2.45) is 5.92 Å². The summed E-state index contributed by atoms with van der Waals surface area (Å²) in [5.41, 5.74) is 2.55. The van der Waals surface area contributed by atoms with Crippen LogP contribution >= 0.6 is 0 Å². The largest absolute Gasteiger partial charge is 0.497 e. The number of aromatic nitrogens is 2. The molecule has 1 saturated heterocycles. The molecule has 4 aromatic rings. The molecule has 1 unspecified atom stereocenters. The van der Waals surface area contributed by atoms with E-state index in [1.54, 1.807) is 19.4 Å². The lowest BCUT2D eigenvalue weighted by molar-refractivity contribution is 0.0738. The standard InChI is InChI=1S/C28H28N4O3/c1-34-24-10-8-23(9-11-24)31-27-26(7-4-12-30-27)28(33)32-13-14-35-19-20(18-32)15-22-17-29-16-21-5-2-3-6-25(21)22/h2-12,16-17,20H,13-15,18-19H2,1H3,(H,30,31). The van der Waals surface area contributed by atoms with Gasteiger partial charge in [0.25, 0.3) is 5.91 Å². The third kappa shape index (κ3) is 5.25. The van der Waals surface area contributed by atoms with Crippen LogP contribution in [0.5, 0.6) is 5.75 Å². The topological polar surface area (TPSA) is 76.6 Å². The summed E-state index contributed by atoms with van der Waals surface area (Å²) in [5.74, 6) is 1.41. The van der Waals surface area contributed by atoms with Gasteiger partial charge in [-0.2, -0.15) is 0 Å². The van der Waals surface area contributed by atoms with Crippen LogP contribution in [0.4, 0.5) is 11.5 Å². The third-order valence-corrected chi connectivity index (χ3v) is 6.28. The average molecular weight is 469 g/mol. The highest BCUT2D eigenvalue weighted by Gasteiger charge is 2.26. The fourth-order valence-corrected chi connectivity index (χ4v) is 4.50. The minimum atomic E-state index is -0.0549. The summed E-state index contributed by atoms with van der Waals surface area (Å²) in [6.07, 6.45) is 6.29. The zero-order valence-electron chi connectivity index (χ0n) is 19.7. The summed E-state index contributed by atoms with van der Waals surface area (Å²) in [6, 6.07) is 19.4. The SMILES string of the molecule is COc1ccc(Nc2ncccc2C(=O)N2CCOCC(Cc3cncc4ccccc34)C2)cc1. The molecule has 7 heteroatoms. The van der Waals surface area contributed by atoms with Gasteiger partial charge in [-0.25, -0.2) is 4.98 Å². The minimum Gasteiger partial charge on any atom is -0.497 e. The van der Waals surface area contributed by atoms with E-state index in [9.17, 15) is 4.79 Å². The van der Waals surface area contributed by atoms with Crippen molar-refractivity contribution in [3.05, 3.63) is 90.4 Å². The summed E-state index contributed by atoms with van der Waals surface area (Å²) < 4.78 is 11.1. The van der Waals surface area contributed by atoms with Gasteiger partial charge < -0.3 is 19.7 Å². The first-order chi connectivity index (χ1) is 17.2. The maximum absolute atomic E-state index is 13.6. The molecule has 1 atom stereocenters. The van der Waals surface area contributed by atoms with Gasteiger partial charge in [-0.1, -0.05) is 24.3 Å². The van der Waals surface area contributed by atoms with Crippen LogP contribution in [0.25, 0.3) is 10.8 Å². The second kappa shape index (κ2) is 10.5. The van der Waals surface area contributed by atoms with Gasteiger partial charge in [-0.3, -0.25) is 9.78 Å². The van der Waals surface area contributed by atoms with E-state index in [1.165, 1.54) is 10.9 Å². The van der Waals surface area contributed by atoms with Gasteiger partial charge >= 0.3 is 0 Å². The number of hydrogen-bond donors (Lipinski definition) is 1. The van der Waals surface area contributed by atoms with Crippen molar-refractivity contribution in [3.63, 3.8) is 0 Å². The highest BCUT2D eigenvalue weighted by Crippen LogP contribution is 2.25. The highest BCUT2D eigenvalue weighted by atomic mass is 16.5.